The number of rotatable bonds is 2. The van der Waals surface area contributed by atoms with Gasteiger partial charge in [-0.3, -0.25) is 0 Å². The summed E-state index contributed by atoms with van der Waals surface area (Å²) in [5.74, 6) is 2.03. The monoisotopic (exact) mass is 323 g/mol. The van der Waals surface area contributed by atoms with Crippen molar-refractivity contribution < 1.29 is 0 Å². The topological polar surface area (TPSA) is 3.24 Å². The van der Waals surface area contributed by atoms with Gasteiger partial charge in [0.05, 0.1) is 0 Å². The molecule has 1 heterocycles. The highest BCUT2D eigenvalue weighted by Crippen LogP contribution is 2.66. The summed E-state index contributed by atoms with van der Waals surface area (Å²) in [4.78, 5) is 2.51. The molecule has 0 aromatic rings. The fourth-order valence-corrected chi connectivity index (χ4v) is 8.64. The lowest BCUT2D eigenvalue weighted by atomic mass is 9.48. The molecule has 0 radical (unpaired) electrons. The highest BCUT2D eigenvalue weighted by atomic mass is 32.2. The van der Waals surface area contributed by atoms with Crippen molar-refractivity contribution in [2.75, 3.05) is 13.1 Å². The third kappa shape index (κ3) is 2.67. The minimum absolute atomic E-state index is 0.522. The van der Waals surface area contributed by atoms with Crippen molar-refractivity contribution >= 4 is 28.3 Å². The van der Waals surface area contributed by atoms with Gasteiger partial charge in [0.15, 0.2) is 0 Å². The van der Waals surface area contributed by atoms with Gasteiger partial charge in [-0.15, -0.1) is 0 Å². The Kier molecular flexibility index (Phi) is 3.81. The zero-order chi connectivity index (χ0) is 14.5. The molecule has 4 aliphatic carbocycles. The Bertz CT molecular complexity index is 413. The molecule has 5 rings (SSSR count). The van der Waals surface area contributed by atoms with Crippen LogP contribution in [0.5, 0.6) is 0 Å². The van der Waals surface area contributed by atoms with Gasteiger partial charge >= 0.3 is 0 Å². The Morgan fingerprint density at radius 1 is 1.10 bits per heavy atom. The molecule has 0 unspecified atom stereocenters. The normalized spacial score (nSPS) is 45.1. The fourth-order valence-electron chi connectivity index (χ4n) is 6.22. The molecule has 4 bridgehead atoms. The zero-order valence-electron chi connectivity index (χ0n) is 13.4. The maximum Gasteiger partial charge on any atom is 0.136 e. The van der Waals surface area contributed by atoms with Gasteiger partial charge in [-0.1, -0.05) is 37.3 Å². The molecule has 3 heteroatoms. The van der Waals surface area contributed by atoms with Crippen LogP contribution in [0.4, 0.5) is 0 Å². The van der Waals surface area contributed by atoms with Crippen molar-refractivity contribution in [3.8, 4) is 0 Å². The maximum absolute atomic E-state index is 5.87. The number of hydrogen-bond acceptors (Lipinski definition) is 2. The van der Waals surface area contributed by atoms with E-state index in [-0.39, 0.29) is 0 Å². The van der Waals surface area contributed by atoms with Crippen molar-refractivity contribution in [1.82, 2.24) is 4.90 Å². The van der Waals surface area contributed by atoms with E-state index in [0.29, 0.717) is 10.2 Å². The highest BCUT2D eigenvalue weighted by molar-refractivity contribution is 8.23. The predicted octanol–water partition coefficient (Wildman–Crippen LogP) is 5.24. The second kappa shape index (κ2) is 5.40. The van der Waals surface area contributed by atoms with Crippen LogP contribution < -0.4 is 0 Å². The summed E-state index contributed by atoms with van der Waals surface area (Å²) in [7, 11) is 0. The maximum atomic E-state index is 5.87. The Labute approximate surface area is 139 Å². The van der Waals surface area contributed by atoms with Crippen LogP contribution in [-0.4, -0.2) is 27.1 Å². The van der Waals surface area contributed by atoms with Gasteiger partial charge in [-0.25, -0.2) is 0 Å². The number of nitrogens with zero attached hydrogens (tertiary/aromatic N) is 1. The first-order valence-corrected chi connectivity index (χ1v) is 10.3. The Hall–Kier alpha value is 0.240. The van der Waals surface area contributed by atoms with Crippen LogP contribution in [0.25, 0.3) is 0 Å². The van der Waals surface area contributed by atoms with Crippen LogP contribution in [0, 0.1) is 17.3 Å². The van der Waals surface area contributed by atoms with E-state index < -0.39 is 0 Å². The molecule has 1 aliphatic heterocycles. The second-order valence-electron chi connectivity index (χ2n) is 8.41. The number of hydrogen-bond donors (Lipinski definition) is 0. The van der Waals surface area contributed by atoms with Crippen molar-refractivity contribution in [1.29, 1.82) is 0 Å². The Morgan fingerprint density at radius 2 is 1.76 bits per heavy atom. The summed E-state index contributed by atoms with van der Waals surface area (Å²) in [6, 6.07) is 0. The predicted molar refractivity (Wildman–Crippen MR) is 95.8 cm³/mol. The molecule has 5 fully saturated rings. The van der Waals surface area contributed by atoms with Crippen molar-refractivity contribution in [2.45, 2.75) is 75.9 Å². The lowest BCUT2D eigenvalue weighted by Gasteiger charge is -2.62. The van der Waals surface area contributed by atoms with Gasteiger partial charge in [0.1, 0.15) is 4.32 Å². The largest absolute Gasteiger partial charge is 0.358 e. The molecule has 0 aromatic heterocycles. The van der Waals surface area contributed by atoms with E-state index in [4.69, 9.17) is 12.2 Å². The summed E-state index contributed by atoms with van der Waals surface area (Å²) < 4.78 is 1.76. The third-order valence-corrected chi connectivity index (χ3v) is 8.65. The first-order valence-electron chi connectivity index (χ1n) is 9.10. The average Bonchev–Trinajstić information content (AvgIpc) is 2.46. The van der Waals surface area contributed by atoms with Crippen molar-refractivity contribution in [3.63, 3.8) is 0 Å². The van der Waals surface area contributed by atoms with Gasteiger partial charge < -0.3 is 4.90 Å². The highest BCUT2D eigenvalue weighted by Gasteiger charge is 2.57. The van der Waals surface area contributed by atoms with Crippen LogP contribution in [0.3, 0.4) is 0 Å². The van der Waals surface area contributed by atoms with Crippen molar-refractivity contribution in [3.05, 3.63) is 0 Å². The van der Waals surface area contributed by atoms with Gasteiger partial charge in [0.25, 0.3) is 0 Å². The molecular weight excluding hydrogens is 294 g/mol. The summed E-state index contributed by atoms with van der Waals surface area (Å²) in [6.07, 6.45) is 14.5. The van der Waals surface area contributed by atoms with Gasteiger partial charge in [-0.05, 0) is 75.0 Å². The first-order chi connectivity index (χ1) is 10.1. The molecule has 1 nitrogen and oxygen atoms in total. The SMILES string of the molecule is CCC12C[C@@H]3C[C@@H](C1)CC(SC(=S)N1CCCCC1)(C3)C2. The molecule has 0 amide bonds. The van der Waals surface area contributed by atoms with Crippen LogP contribution in [0.1, 0.15) is 71.1 Å². The molecule has 21 heavy (non-hydrogen) atoms. The third-order valence-electron chi connectivity index (χ3n) is 6.80. The molecule has 4 saturated carbocycles. The Morgan fingerprint density at radius 3 is 2.38 bits per heavy atom. The van der Waals surface area contributed by atoms with E-state index in [1.54, 1.807) is 0 Å². The lowest BCUT2D eigenvalue weighted by Crippen LogP contribution is -2.54. The van der Waals surface area contributed by atoms with E-state index in [0.717, 1.165) is 11.8 Å². The molecule has 0 aromatic carbocycles. The lowest BCUT2D eigenvalue weighted by molar-refractivity contribution is -0.0390. The van der Waals surface area contributed by atoms with E-state index in [9.17, 15) is 0 Å². The van der Waals surface area contributed by atoms with E-state index in [1.807, 2.05) is 0 Å². The van der Waals surface area contributed by atoms with Crippen LogP contribution in [0.2, 0.25) is 0 Å². The number of likely N-dealkylation sites (tertiary alicyclic amines) is 1. The molecule has 0 spiro atoms. The summed E-state index contributed by atoms with van der Waals surface area (Å²) in [5.41, 5.74) is 0.689. The summed E-state index contributed by atoms with van der Waals surface area (Å²) >= 11 is 8.01. The van der Waals surface area contributed by atoms with Crippen LogP contribution in [0.15, 0.2) is 0 Å². The van der Waals surface area contributed by atoms with Gasteiger partial charge in [-0.2, -0.15) is 0 Å². The standard InChI is InChI=1S/C18H29NS2/c1-2-17-9-14-8-15(10-17)12-18(11-14,13-17)21-16(20)19-6-4-3-5-7-19/h14-15H,2-13H2,1H3/t14-,15-,17?,18?/m0/s1. The second-order valence-corrected chi connectivity index (χ2v) is 10.5. The molecule has 1 saturated heterocycles. The molecule has 2 atom stereocenters. The summed E-state index contributed by atoms with van der Waals surface area (Å²) in [6.45, 7) is 4.87. The molecule has 118 valence electrons. The number of piperidine rings is 1. The van der Waals surface area contributed by atoms with E-state index in [1.165, 1.54) is 81.6 Å². The number of thioether (sulfide) groups is 1. The van der Waals surface area contributed by atoms with Gasteiger partial charge in [0, 0.05) is 17.8 Å². The fraction of sp³-hybridized carbons (Fsp3) is 0.944. The van der Waals surface area contributed by atoms with Crippen molar-refractivity contribution in [2.24, 2.45) is 17.3 Å². The summed E-state index contributed by atoms with van der Waals surface area (Å²) in [5, 5.41) is 0. The molecular formula is C18H29NS2. The smallest absolute Gasteiger partial charge is 0.136 e. The Balaban J connectivity index is 1.50. The zero-order valence-corrected chi connectivity index (χ0v) is 15.0. The average molecular weight is 324 g/mol. The number of thiocarbonyl (C=S) groups is 1. The molecule has 0 N–H and O–H groups in total. The van der Waals surface area contributed by atoms with Gasteiger partial charge in [0.2, 0.25) is 0 Å². The van der Waals surface area contributed by atoms with Crippen LogP contribution >= 0.6 is 24.0 Å². The van der Waals surface area contributed by atoms with Crippen LogP contribution in [-0.2, 0) is 0 Å². The van der Waals surface area contributed by atoms with E-state index >= 15 is 0 Å². The molecule has 5 aliphatic rings. The first kappa shape index (κ1) is 14.8. The van der Waals surface area contributed by atoms with E-state index in [2.05, 4.69) is 23.6 Å². The minimum Gasteiger partial charge on any atom is -0.358 e. The minimum atomic E-state index is 0.522. The quantitative estimate of drug-likeness (QED) is 0.640.